The van der Waals surface area contributed by atoms with Gasteiger partial charge in [0, 0.05) is 6.42 Å². The van der Waals surface area contributed by atoms with Gasteiger partial charge in [0.2, 0.25) is 5.91 Å². The number of carbonyl (C=O) groups is 1. The lowest BCUT2D eigenvalue weighted by Gasteiger charge is -2.31. The molecule has 0 bridgehead atoms. The Balaban J connectivity index is 2.14. The Kier molecular flexibility index (Phi) is 5.86. The van der Waals surface area contributed by atoms with Gasteiger partial charge in [-0.25, -0.2) is 0 Å². The summed E-state index contributed by atoms with van der Waals surface area (Å²) in [6.45, 7) is 4.68. The summed E-state index contributed by atoms with van der Waals surface area (Å²) in [7, 11) is 0. The molecule has 0 aromatic heterocycles. The second-order valence-electron chi connectivity index (χ2n) is 5.52. The first-order valence-electron chi connectivity index (χ1n) is 6.91. The van der Waals surface area contributed by atoms with E-state index in [0.29, 0.717) is 6.42 Å². The maximum atomic E-state index is 10.6. The molecule has 2 heteroatoms. The normalized spacial score (nSPS) is 27.6. The first kappa shape index (κ1) is 13.5. The van der Waals surface area contributed by atoms with Gasteiger partial charge in [-0.3, -0.25) is 4.79 Å². The van der Waals surface area contributed by atoms with Crippen LogP contribution >= 0.6 is 0 Å². The van der Waals surface area contributed by atoms with E-state index in [0.717, 1.165) is 24.2 Å². The van der Waals surface area contributed by atoms with E-state index in [4.69, 9.17) is 5.73 Å². The molecule has 0 aromatic rings. The number of rotatable bonds is 6. The monoisotopic (exact) mass is 225 g/mol. The second-order valence-corrected chi connectivity index (χ2v) is 5.52. The average molecular weight is 225 g/mol. The molecule has 1 atom stereocenters. The van der Waals surface area contributed by atoms with Crippen LogP contribution in [0.2, 0.25) is 0 Å². The molecule has 0 aromatic carbocycles. The van der Waals surface area contributed by atoms with Crippen molar-refractivity contribution in [2.75, 3.05) is 0 Å². The van der Waals surface area contributed by atoms with Crippen LogP contribution in [0.1, 0.15) is 65.2 Å². The van der Waals surface area contributed by atoms with Crippen molar-refractivity contribution < 1.29 is 4.79 Å². The molecule has 1 aliphatic carbocycles. The van der Waals surface area contributed by atoms with Crippen molar-refractivity contribution in [3.05, 3.63) is 0 Å². The molecule has 2 N–H and O–H groups in total. The molecule has 0 saturated heterocycles. The minimum absolute atomic E-state index is 0.145. The Hall–Kier alpha value is -0.530. The Labute approximate surface area is 100.0 Å². The molecule has 94 valence electrons. The summed E-state index contributed by atoms with van der Waals surface area (Å²) in [5.74, 6) is 2.57. The van der Waals surface area contributed by atoms with Crippen molar-refractivity contribution in [1.82, 2.24) is 0 Å². The zero-order chi connectivity index (χ0) is 12.0. The van der Waals surface area contributed by atoms with Crippen LogP contribution in [0.15, 0.2) is 0 Å². The van der Waals surface area contributed by atoms with Gasteiger partial charge in [-0.1, -0.05) is 33.1 Å². The molecular formula is C14H27NO. The minimum Gasteiger partial charge on any atom is -0.370 e. The number of hydrogen-bond acceptors (Lipinski definition) is 1. The van der Waals surface area contributed by atoms with E-state index in [-0.39, 0.29) is 5.91 Å². The molecule has 0 radical (unpaired) electrons. The van der Waals surface area contributed by atoms with Crippen LogP contribution in [0.3, 0.4) is 0 Å². The quantitative estimate of drug-likeness (QED) is 0.738. The zero-order valence-corrected chi connectivity index (χ0v) is 10.9. The van der Waals surface area contributed by atoms with Crippen LogP contribution < -0.4 is 5.73 Å². The van der Waals surface area contributed by atoms with Crippen molar-refractivity contribution in [3.8, 4) is 0 Å². The lowest BCUT2D eigenvalue weighted by Crippen LogP contribution is -2.20. The van der Waals surface area contributed by atoms with Gasteiger partial charge in [0.15, 0.2) is 0 Å². The van der Waals surface area contributed by atoms with Crippen LogP contribution in [-0.2, 0) is 4.79 Å². The van der Waals surface area contributed by atoms with Gasteiger partial charge in [-0.2, -0.15) is 0 Å². The summed E-state index contributed by atoms with van der Waals surface area (Å²) < 4.78 is 0. The molecule has 0 aliphatic heterocycles. The maximum Gasteiger partial charge on any atom is 0.217 e. The zero-order valence-electron chi connectivity index (χ0n) is 10.9. The highest BCUT2D eigenvalue weighted by molar-refractivity contribution is 5.73. The van der Waals surface area contributed by atoms with E-state index in [9.17, 15) is 4.79 Å². The summed E-state index contributed by atoms with van der Waals surface area (Å²) in [6, 6.07) is 0. The fourth-order valence-corrected chi connectivity index (χ4v) is 2.94. The molecule has 16 heavy (non-hydrogen) atoms. The van der Waals surface area contributed by atoms with Crippen molar-refractivity contribution in [2.45, 2.75) is 65.2 Å². The Morgan fingerprint density at radius 3 is 2.44 bits per heavy atom. The largest absolute Gasteiger partial charge is 0.370 e. The van der Waals surface area contributed by atoms with Crippen LogP contribution in [0.25, 0.3) is 0 Å². The fraction of sp³-hybridized carbons (Fsp3) is 0.929. The molecule has 1 amide bonds. The predicted molar refractivity (Wildman–Crippen MR) is 67.9 cm³/mol. The molecule has 1 aliphatic rings. The first-order valence-corrected chi connectivity index (χ1v) is 6.91. The molecule has 1 unspecified atom stereocenters. The van der Waals surface area contributed by atoms with Gasteiger partial charge < -0.3 is 5.73 Å². The highest BCUT2D eigenvalue weighted by Gasteiger charge is 2.23. The maximum absolute atomic E-state index is 10.6. The highest BCUT2D eigenvalue weighted by atomic mass is 16.1. The third-order valence-corrected chi connectivity index (χ3v) is 4.38. The third kappa shape index (κ3) is 4.54. The van der Waals surface area contributed by atoms with Crippen molar-refractivity contribution in [1.29, 1.82) is 0 Å². The second kappa shape index (κ2) is 6.93. The van der Waals surface area contributed by atoms with Gasteiger partial charge in [-0.15, -0.1) is 0 Å². The SMILES string of the molecule is CCC(C)C1CCC(CCCC(N)=O)CC1. The summed E-state index contributed by atoms with van der Waals surface area (Å²) >= 11 is 0. The number of carbonyl (C=O) groups excluding carboxylic acids is 1. The fourth-order valence-electron chi connectivity index (χ4n) is 2.94. The van der Waals surface area contributed by atoms with Gasteiger partial charge in [-0.05, 0) is 43.4 Å². The number of amides is 1. The highest BCUT2D eigenvalue weighted by Crippen LogP contribution is 2.36. The van der Waals surface area contributed by atoms with Crippen molar-refractivity contribution >= 4 is 5.91 Å². The summed E-state index contributed by atoms with van der Waals surface area (Å²) in [6.07, 6.45) is 9.63. The van der Waals surface area contributed by atoms with Gasteiger partial charge >= 0.3 is 0 Å². The number of primary amides is 1. The molecule has 1 rings (SSSR count). The predicted octanol–water partition coefficient (Wildman–Crippen LogP) is 3.49. The van der Waals surface area contributed by atoms with Gasteiger partial charge in [0.1, 0.15) is 0 Å². The van der Waals surface area contributed by atoms with Crippen LogP contribution in [0.4, 0.5) is 0 Å². The molecular weight excluding hydrogens is 198 g/mol. The lowest BCUT2D eigenvalue weighted by molar-refractivity contribution is -0.118. The smallest absolute Gasteiger partial charge is 0.217 e. The Morgan fingerprint density at radius 2 is 1.94 bits per heavy atom. The standard InChI is InChI=1S/C14H27NO/c1-3-11(2)13-9-7-12(8-10-13)5-4-6-14(15)16/h11-13H,3-10H2,1-2H3,(H2,15,16). The molecule has 2 nitrogen and oxygen atoms in total. The van der Waals surface area contributed by atoms with E-state index >= 15 is 0 Å². The molecule has 1 saturated carbocycles. The van der Waals surface area contributed by atoms with E-state index in [1.165, 1.54) is 38.5 Å². The summed E-state index contributed by atoms with van der Waals surface area (Å²) in [5.41, 5.74) is 5.15. The average Bonchev–Trinajstić information content (AvgIpc) is 2.28. The van der Waals surface area contributed by atoms with Crippen LogP contribution in [-0.4, -0.2) is 5.91 Å². The first-order chi connectivity index (χ1) is 7.63. The minimum atomic E-state index is -0.145. The lowest BCUT2D eigenvalue weighted by atomic mass is 9.74. The van der Waals surface area contributed by atoms with Crippen molar-refractivity contribution in [3.63, 3.8) is 0 Å². The van der Waals surface area contributed by atoms with E-state index in [2.05, 4.69) is 13.8 Å². The summed E-state index contributed by atoms with van der Waals surface area (Å²) in [5, 5.41) is 0. The Morgan fingerprint density at radius 1 is 1.31 bits per heavy atom. The van der Waals surface area contributed by atoms with E-state index in [1.807, 2.05) is 0 Å². The number of hydrogen-bond donors (Lipinski definition) is 1. The third-order valence-electron chi connectivity index (χ3n) is 4.38. The summed E-state index contributed by atoms with van der Waals surface area (Å²) in [4.78, 5) is 10.6. The van der Waals surface area contributed by atoms with Crippen molar-refractivity contribution in [2.24, 2.45) is 23.5 Å². The van der Waals surface area contributed by atoms with E-state index < -0.39 is 0 Å². The van der Waals surface area contributed by atoms with Gasteiger partial charge in [0.25, 0.3) is 0 Å². The van der Waals surface area contributed by atoms with Gasteiger partial charge in [0.05, 0.1) is 0 Å². The molecule has 0 spiro atoms. The number of nitrogens with two attached hydrogens (primary N) is 1. The molecule has 1 fully saturated rings. The topological polar surface area (TPSA) is 43.1 Å². The molecule has 0 heterocycles. The van der Waals surface area contributed by atoms with E-state index in [1.54, 1.807) is 0 Å². The van der Waals surface area contributed by atoms with Crippen LogP contribution in [0.5, 0.6) is 0 Å². The Bertz CT molecular complexity index is 207. The van der Waals surface area contributed by atoms with Crippen LogP contribution in [0, 0.1) is 17.8 Å².